The molecule has 6 nitrogen and oxygen atoms in total. The summed E-state index contributed by atoms with van der Waals surface area (Å²) in [6.07, 6.45) is 2.41. The van der Waals surface area contributed by atoms with Crippen LogP contribution in [-0.4, -0.2) is 39.5 Å². The van der Waals surface area contributed by atoms with Crippen LogP contribution in [0.4, 0.5) is 5.69 Å². The van der Waals surface area contributed by atoms with Crippen LogP contribution in [-0.2, 0) is 23.8 Å². The second kappa shape index (κ2) is 7.04. The molecule has 1 heterocycles. The number of hydrogen-bond donors (Lipinski definition) is 0. The van der Waals surface area contributed by atoms with Gasteiger partial charge in [0.1, 0.15) is 12.4 Å². The van der Waals surface area contributed by atoms with Crippen LogP contribution in [0.15, 0.2) is 47.7 Å². The SMILES string of the molecule is COC(=O)C1=C(C(=O)OC)N(c2ccc(C3CC3)c3ccccc23)COC1. The van der Waals surface area contributed by atoms with E-state index < -0.39 is 11.9 Å². The molecule has 0 atom stereocenters. The molecule has 0 bridgehead atoms. The highest BCUT2D eigenvalue weighted by Gasteiger charge is 2.34. The molecule has 0 saturated heterocycles. The minimum Gasteiger partial charge on any atom is -0.466 e. The van der Waals surface area contributed by atoms with Gasteiger partial charge in [-0.3, -0.25) is 0 Å². The highest BCUT2D eigenvalue weighted by Crippen LogP contribution is 2.45. The molecular formula is C21H21NO5. The summed E-state index contributed by atoms with van der Waals surface area (Å²) < 4.78 is 15.4. The Hall–Kier alpha value is -2.86. The maximum absolute atomic E-state index is 12.5. The van der Waals surface area contributed by atoms with Crippen LogP contribution >= 0.6 is 0 Å². The van der Waals surface area contributed by atoms with E-state index in [1.807, 2.05) is 24.3 Å². The quantitative estimate of drug-likeness (QED) is 0.774. The first kappa shape index (κ1) is 17.5. The van der Waals surface area contributed by atoms with E-state index in [1.54, 1.807) is 4.90 Å². The van der Waals surface area contributed by atoms with E-state index in [4.69, 9.17) is 14.2 Å². The molecule has 1 aliphatic carbocycles. The number of carbonyl (C=O) groups excluding carboxylic acids is 2. The summed E-state index contributed by atoms with van der Waals surface area (Å²) in [5.41, 5.74) is 2.45. The zero-order chi connectivity index (χ0) is 19.0. The molecule has 0 spiro atoms. The lowest BCUT2D eigenvalue weighted by Gasteiger charge is -2.32. The summed E-state index contributed by atoms with van der Waals surface area (Å²) in [6, 6.07) is 12.2. The largest absolute Gasteiger partial charge is 0.466 e. The molecule has 0 unspecified atom stereocenters. The van der Waals surface area contributed by atoms with Gasteiger partial charge >= 0.3 is 11.9 Å². The van der Waals surface area contributed by atoms with Gasteiger partial charge in [-0.25, -0.2) is 9.59 Å². The van der Waals surface area contributed by atoms with Crippen LogP contribution in [0.5, 0.6) is 0 Å². The number of nitrogens with zero attached hydrogens (tertiary/aromatic N) is 1. The van der Waals surface area contributed by atoms with Gasteiger partial charge in [0.05, 0.1) is 32.1 Å². The molecule has 27 heavy (non-hydrogen) atoms. The number of fused-ring (bicyclic) bond motifs is 1. The minimum atomic E-state index is -0.598. The molecule has 6 heteroatoms. The summed E-state index contributed by atoms with van der Waals surface area (Å²) >= 11 is 0. The van der Waals surface area contributed by atoms with E-state index in [9.17, 15) is 9.59 Å². The summed E-state index contributed by atoms with van der Waals surface area (Å²) in [5, 5.41) is 2.17. The lowest BCUT2D eigenvalue weighted by Crippen LogP contribution is -2.38. The molecule has 2 aromatic carbocycles. The van der Waals surface area contributed by atoms with Crippen LogP contribution in [0.2, 0.25) is 0 Å². The van der Waals surface area contributed by atoms with Crippen molar-refractivity contribution in [3.05, 3.63) is 53.2 Å². The van der Waals surface area contributed by atoms with Crippen molar-refractivity contribution in [2.75, 3.05) is 32.5 Å². The molecule has 0 radical (unpaired) electrons. The van der Waals surface area contributed by atoms with Gasteiger partial charge < -0.3 is 19.1 Å². The number of ether oxygens (including phenoxy) is 3. The van der Waals surface area contributed by atoms with E-state index in [0.29, 0.717) is 5.92 Å². The van der Waals surface area contributed by atoms with Crippen molar-refractivity contribution in [3.63, 3.8) is 0 Å². The normalized spacial score (nSPS) is 17.2. The van der Waals surface area contributed by atoms with Gasteiger partial charge in [0.25, 0.3) is 0 Å². The van der Waals surface area contributed by atoms with Gasteiger partial charge in [-0.15, -0.1) is 0 Å². The summed E-state index contributed by atoms with van der Waals surface area (Å²) in [5.74, 6) is -0.587. The molecule has 0 amide bonds. The van der Waals surface area contributed by atoms with Crippen molar-refractivity contribution in [2.45, 2.75) is 18.8 Å². The molecule has 1 saturated carbocycles. The van der Waals surface area contributed by atoms with Crippen molar-refractivity contribution in [1.29, 1.82) is 0 Å². The van der Waals surface area contributed by atoms with Crippen LogP contribution < -0.4 is 4.90 Å². The minimum absolute atomic E-state index is 0.00565. The maximum atomic E-state index is 12.5. The second-order valence-electron chi connectivity index (χ2n) is 6.71. The van der Waals surface area contributed by atoms with E-state index in [2.05, 4.69) is 12.1 Å². The molecule has 1 fully saturated rings. The molecule has 140 valence electrons. The smallest absolute Gasteiger partial charge is 0.355 e. The number of benzene rings is 2. The first-order chi connectivity index (χ1) is 13.2. The number of esters is 2. The van der Waals surface area contributed by atoms with Crippen LogP contribution in [0, 0.1) is 0 Å². The molecule has 4 rings (SSSR count). The monoisotopic (exact) mass is 367 g/mol. The lowest BCUT2D eigenvalue weighted by atomic mass is 9.98. The Kier molecular flexibility index (Phi) is 4.58. The van der Waals surface area contributed by atoms with Crippen LogP contribution in [0.25, 0.3) is 10.8 Å². The van der Waals surface area contributed by atoms with Gasteiger partial charge in [-0.05, 0) is 35.8 Å². The Morgan fingerprint density at radius 3 is 2.37 bits per heavy atom. The molecular weight excluding hydrogens is 346 g/mol. The molecule has 2 aromatic rings. The fourth-order valence-corrected chi connectivity index (χ4v) is 3.63. The highest BCUT2D eigenvalue weighted by molar-refractivity contribution is 6.06. The topological polar surface area (TPSA) is 65.1 Å². The van der Waals surface area contributed by atoms with Gasteiger partial charge in [-0.1, -0.05) is 30.3 Å². The van der Waals surface area contributed by atoms with E-state index in [1.165, 1.54) is 32.6 Å². The zero-order valence-electron chi connectivity index (χ0n) is 15.4. The summed E-state index contributed by atoms with van der Waals surface area (Å²) in [6.45, 7) is 0.156. The highest BCUT2D eigenvalue weighted by atomic mass is 16.5. The van der Waals surface area contributed by atoms with Gasteiger partial charge in [0.2, 0.25) is 0 Å². The molecule has 0 N–H and O–H groups in total. The zero-order valence-corrected chi connectivity index (χ0v) is 15.4. The third kappa shape index (κ3) is 3.06. The Morgan fingerprint density at radius 1 is 1.00 bits per heavy atom. The second-order valence-corrected chi connectivity index (χ2v) is 6.71. The number of methoxy groups -OCH3 is 2. The third-order valence-corrected chi connectivity index (χ3v) is 5.08. The third-order valence-electron chi connectivity index (χ3n) is 5.08. The summed E-state index contributed by atoms with van der Waals surface area (Å²) in [4.78, 5) is 26.4. The van der Waals surface area contributed by atoms with Crippen molar-refractivity contribution in [3.8, 4) is 0 Å². The number of anilines is 1. The van der Waals surface area contributed by atoms with Crippen molar-refractivity contribution < 1.29 is 23.8 Å². The Morgan fingerprint density at radius 2 is 1.70 bits per heavy atom. The Balaban J connectivity index is 1.90. The van der Waals surface area contributed by atoms with Crippen molar-refractivity contribution in [1.82, 2.24) is 0 Å². The van der Waals surface area contributed by atoms with E-state index in [0.717, 1.165) is 16.5 Å². The number of rotatable bonds is 4. The summed E-state index contributed by atoms with van der Waals surface area (Å²) in [7, 11) is 2.58. The standard InChI is InChI=1S/C21H21NO5/c1-25-20(23)17-11-27-12-22(19(17)21(24)26-2)18-10-9-14(13-7-8-13)15-5-3-4-6-16(15)18/h3-6,9-10,13H,7-8,11-12H2,1-2H3. The number of hydrogen-bond acceptors (Lipinski definition) is 6. The van der Waals surface area contributed by atoms with Crippen LogP contribution in [0.3, 0.4) is 0 Å². The molecule has 1 aliphatic heterocycles. The predicted molar refractivity (Wildman–Crippen MR) is 100 cm³/mol. The number of carbonyl (C=O) groups is 2. The van der Waals surface area contributed by atoms with Crippen LogP contribution in [0.1, 0.15) is 24.3 Å². The average molecular weight is 367 g/mol. The molecule has 2 aliphatic rings. The first-order valence-corrected chi connectivity index (χ1v) is 8.92. The van der Waals surface area contributed by atoms with Gasteiger partial charge in [0.15, 0.2) is 0 Å². The average Bonchev–Trinajstić information content (AvgIpc) is 3.56. The predicted octanol–water partition coefficient (Wildman–Crippen LogP) is 3.11. The van der Waals surface area contributed by atoms with Crippen molar-refractivity contribution in [2.24, 2.45) is 0 Å². The van der Waals surface area contributed by atoms with Crippen molar-refractivity contribution >= 4 is 28.4 Å². The Bertz CT molecular complexity index is 945. The fourth-order valence-electron chi connectivity index (χ4n) is 3.63. The maximum Gasteiger partial charge on any atom is 0.355 e. The van der Waals surface area contributed by atoms with Gasteiger partial charge in [-0.2, -0.15) is 0 Å². The fraction of sp³-hybridized carbons (Fsp3) is 0.333. The Labute approximate surface area is 157 Å². The van der Waals surface area contributed by atoms with Gasteiger partial charge in [0, 0.05) is 5.39 Å². The van der Waals surface area contributed by atoms with E-state index >= 15 is 0 Å². The first-order valence-electron chi connectivity index (χ1n) is 8.92. The lowest BCUT2D eigenvalue weighted by molar-refractivity contribution is -0.140. The molecule has 0 aromatic heterocycles. The van der Waals surface area contributed by atoms with E-state index in [-0.39, 0.29) is 24.6 Å².